The van der Waals surface area contributed by atoms with Gasteiger partial charge in [0.2, 0.25) is 11.8 Å². The first-order valence-electron chi connectivity index (χ1n) is 9.21. The summed E-state index contributed by atoms with van der Waals surface area (Å²) in [4.78, 5) is 25.5. The smallest absolute Gasteiger partial charge is 0.241 e. The molecule has 7 heteroatoms. The van der Waals surface area contributed by atoms with E-state index in [4.69, 9.17) is 9.47 Å². The molecule has 1 saturated heterocycles. The summed E-state index contributed by atoms with van der Waals surface area (Å²) < 4.78 is 11.3. The molecular formula is C20H24N4O3. The van der Waals surface area contributed by atoms with E-state index in [2.05, 4.69) is 14.9 Å². The minimum atomic E-state index is 0.0194. The van der Waals surface area contributed by atoms with Gasteiger partial charge in [-0.05, 0) is 26.0 Å². The lowest BCUT2D eigenvalue weighted by Gasteiger charge is -2.35. The van der Waals surface area contributed by atoms with Crippen molar-refractivity contribution in [3.05, 3.63) is 41.3 Å². The minimum Gasteiger partial charge on any atom is -0.497 e. The molecule has 1 atom stereocenters. The number of rotatable bonds is 4. The molecule has 2 aliphatic rings. The summed E-state index contributed by atoms with van der Waals surface area (Å²) in [5, 5.41) is 0. The number of carbonyl (C=O) groups excluding carboxylic acids is 1. The van der Waals surface area contributed by atoms with E-state index >= 15 is 0 Å². The number of nitrogens with zero attached hydrogens (tertiary/aromatic N) is 4. The second-order valence-electron chi connectivity index (χ2n) is 7.07. The van der Waals surface area contributed by atoms with Crippen molar-refractivity contribution < 1.29 is 14.3 Å². The number of carbonyl (C=O) groups is 1. The summed E-state index contributed by atoms with van der Waals surface area (Å²) in [5.74, 6) is 2.28. The van der Waals surface area contributed by atoms with Gasteiger partial charge in [-0.1, -0.05) is 6.07 Å². The van der Waals surface area contributed by atoms with E-state index in [-0.39, 0.29) is 12.0 Å². The van der Waals surface area contributed by atoms with Crippen molar-refractivity contribution in [1.29, 1.82) is 0 Å². The third-order valence-corrected chi connectivity index (χ3v) is 5.12. The average molecular weight is 368 g/mol. The maximum absolute atomic E-state index is 12.7. The van der Waals surface area contributed by atoms with Crippen LogP contribution in [0.25, 0.3) is 0 Å². The van der Waals surface area contributed by atoms with Crippen molar-refractivity contribution in [1.82, 2.24) is 14.9 Å². The zero-order valence-corrected chi connectivity index (χ0v) is 15.9. The highest BCUT2D eigenvalue weighted by Gasteiger charge is 2.32. The number of aryl methyl sites for hydroxylation is 2. The van der Waals surface area contributed by atoms with Crippen LogP contribution in [0, 0.1) is 13.8 Å². The third kappa shape index (κ3) is 3.60. The van der Waals surface area contributed by atoms with E-state index in [0.717, 1.165) is 41.5 Å². The van der Waals surface area contributed by atoms with Crippen molar-refractivity contribution in [3.63, 3.8) is 0 Å². The number of amides is 1. The van der Waals surface area contributed by atoms with Crippen LogP contribution in [0.3, 0.4) is 0 Å². The normalized spacial score (nSPS) is 19.7. The van der Waals surface area contributed by atoms with Crippen LogP contribution in [0.15, 0.2) is 24.3 Å². The number of piperazine rings is 1. The third-order valence-electron chi connectivity index (χ3n) is 5.12. The monoisotopic (exact) mass is 368 g/mol. The Morgan fingerprint density at radius 3 is 2.89 bits per heavy atom. The number of hydrogen-bond acceptors (Lipinski definition) is 6. The van der Waals surface area contributed by atoms with Crippen LogP contribution in [0.4, 0.5) is 5.69 Å². The molecule has 1 amide bonds. The molecule has 2 aliphatic heterocycles. The van der Waals surface area contributed by atoms with Crippen LogP contribution in [-0.4, -0.2) is 60.2 Å². The number of aromatic nitrogens is 2. The molecule has 27 heavy (non-hydrogen) atoms. The first-order valence-corrected chi connectivity index (χ1v) is 9.21. The van der Waals surface area contributed by atoms with Crippen LogP contribution >= 0.6 is 0 Å². The summed E-state index contributed by atoms with van der Waals surface area (Å²) in [5.41, 5.74) is 2.95. The van der Waals surface area contributed by atoms with E-state index in [1.165, 1.54) is 0 Å². The molecule has 7 nitrogen and oxygen atoms in total. The van der Waals surface area contributed by atoms with Crippen molar-refractivity contribution in [3.8, 4) is 11.6 Å². The Morgan fingerprint density at radius 1 is 1.26 bits per heavy atom. The zero-order chi connectivity index (χ0) is 19.0. The average Bonchev–Trinajstić information content (AvgIpc) is 3.04. The van der Waals surface area contributed by atoms with Gasteiger partial charge in [0.25, 0.3) is 0 Å². The van der Waals surface area contributed by atoms with Gasteiger partial charge in [-0.3, -0.25) is 9.69 Å². The number of methoxy groups -OCH3 is 1. The SMILES string of the molecule is COc1cccc(N2CCN(CC3Cc4c(C)nc(C)nc4O3)CC2=O)c1. The number of ether oxygens (including phenoxy) is 2. The van der Waals surface area contributed by atoms with Crippen molar-refractivity contribution in [2.24, 2.45) is 0 Å². The Hall–Kier alpha value is -2.67. The first kappa shape index (κ1) is 17.7. The van der Waals surface area contributed by atoms with Gasteiger partial charge in [0.05, 0.1) is 13.7 Å². The largest absolute Gasteiger partial charge is 0.497 e. The number of anilines is 1. The summed E-state index contributed by atoms with van der Waals surface area (Å²) in [6, 6.07) is 7.62. The van der Waals surface area contributed by atoms with Gasteiger partial charge >= 0.3 is 0 Å². The predicted molar refractivity (Wildman–Crippen MR) is 101 cm³/mol. The fourth-order valence-corrected chi connectivity index (χ4v) is 3.78. The molecule has 4 rings (SSSR count). The molecule has 0 aliphatic carbocycles. The van der Waals surface area contributed by atoms with Crippen LogP contribution in [0.1, 0.15) is 17.1 Å². The summed E-state index contributed by atoms with van der Waals surface area (Å²) >= 11 is 0. The Kier molecular flexibility index (Phi) is 4.70. The standard InChI is InChI=1S/C20H24N4O3/c1-13-18-10-17(27-20(18)22-14(2)21-13)11-23-7-8-24(19(25)12-23)15-5-4-6-16(9-15)26-3/h4-6,9,17H,7-8,10-12H2,1-3H3. The Labute approximate surface area is 158 Å². The highest BCUT2D eigenvalue weighted by molar-refractivity contribution is 5.95. The molecule has 0 radical (unpaired) electrons. The molecule has 142 valence electrons. The van der Waals surface area contributed by atoms with E-state index in [1.54, 1.807) is 7.11 Å². The lowest BCUT2D eigenvalue weighted by Crippen LogP contribution is -2.52. The number of benzene rings is 1. The Bertz CT molecular complexity index is 870. The van der Waals surface area contributed by atoms with Gasteiger partial charge in [0, 0.05) is 49.1 Å². The topological polar surface area (TPSA) is 67.8 Å². The molecule has 1 unspecified atom stereocenters. The van der Waals surface area contributed by atoms with Crippen LogP contribution in [0.2, 0.25) is 0 Å². The second-order valence-corrected chi connectivity index (χ2v) is 7.07. The van der Waals surface area contributed by atoms with Crippen LogP contribution in [-0.2, 0) is 11.2 Å². The van der Waals surface area contributed by atoms with Crippen LogP contribution in [0.5, 0.6) is 11.6 Å². The molecule has 1 fully saturated rings. The van der Waals surface area contributed by atoms with E-state index in [0.29, 0.717) is 25.5 Å². The second kappa shape index (κ2) is 7.15. The van der Waals surface area contributed by atoms with Crippen molar-refractivity contribution in [2.45, 2.75) is 26.4 Å². The van der Waals surface area contributed by atoms with E-state index < -0.39 is 0 Å². The van der Waals surface area contributed by atoms with E-state index in [1.807, 2.05) is 43.0 Å². The fourth-order valence-electron chi connectivity index (χ4n) is 3.78. The summed E-state index contributed by atoms with van der Waals surface area (Å²) in [6.07, 6.45) is 0.817. The quantitative estimate of drug-likeness (QED) is 0.819. The highest BCUT2D eigenvalue weighted by atomic mass is 16.5. The minimum absolute atomic E-state index is 0.0194. The van der Waals surface area contributed by atoms with Gasteiger partial charge in [0.1, 0.15) is 17.7 Å². The lowest BCUT2D eigenvalue weighted by atomic mass is 10.1. The van der Waals surface area contributed by atoms with Gasteiger partial charge in [-0.15, -0.1) is 0 Å². The molecule has 2 aromatic rings. The molecular weight excluding hydrogens is 344 g/mol. The molecule has 0 spiro atoms. The van der Waals surface area contributed by atoms with Crippen LogP contribution < -0.4 is 14.4 Å². The van der Waals surface area contributed by atoms with Gasteiger partial charge in [-0.25, -0.2) is 4.98 Å². The Balaban J connectivity index is 1.38. The maximum atomic E-state index is 12.7. The first-order chi connectivity index (χ1) is 13.0. The summed E-state index contributed by atoms with van der Waals surface area (Å²) in [6.45, 7) is 6.44. The van der Waals surface area contributed by atoms with Gasteiger partial charge < -0.3 is 14.4 Å². The highest BCUT2D eigenvalue weighted by Crippen LogP contribution is 2.29. The predicted octanol–water partition coefficient (Wildman–Crippen LogP) is 1.75. The van der Waals surface area contributed by atoms with Gasteiger partial charge in [-0.2, -0.15) is 4.98 Å². The van der Waals surface area contributed by atoms with Gasteiger partial charge in [0.15, 0.2) is 0 Å². The lowest BCUT2D eigenvalue weighted by molar-refractivity contribution is -0.121. The molecule has 0 bridgehead atoms. The Morgan fingerprint density at radius 2 is 2.11 bits per heavy atom. The van der Waals surface area contributed by atoms with E-state index in [9.17, 15) is 4.79 Å². The molecule has 0 N–H and O–H groups in total. The van der Waals surface area contributed by atoms with Crippen molar-refractivity contribution in [2.75, 3.05) is 38.2 Å². The summed E-state index contributed by atoms with van der Waals surface area (Å²) in [7, 11) is 1.63. The molecule has 1 aromatic heterocycles. The maximum Gasteiger partial charge on any atom is 0.241 e. The molecule has 1 aromatic carbocycles. The molecule has 3 heterocycles. The fraction of sp³-hybridized carbons (Fsp3) is 0.450. The van der Waals surface area contributed by atoms with Crippen molar-refractivity contribution >= 4 is 11.6 Å². The number of hydrogen-bond donors (Lipinski definition) is 0. The number of fused-ring (bicyclic) bond motifs is 1. The molecule has 0 saturated carbocycles. The zero-order valence-electron chi connectivity index (χ0n) is 15.9.